The first-order valence-corrected chi connectivity index (χ1v) is 6.60. The van der Waals surface area contributed by atoms with Crippen molar-refractivity contribution in [3.05, 3.63) is 52.2 Å². The van der Waals surface area contributed by atoms with Gasteiger partial charge in [-0.2, -0.15) is 0 Å². The van der Waals surface area contributed by atoms with Crippen molar-refractivity contribution in [2.75, 3.05) is 4.90 Å². The van der Waals surface area contributed by atoms with Crippen molar-refractivity contribution in [2.24, 2.45) is 0 Å². The average molecular weight is 275 g/mol. The Hall–Kier alpha value is -2.14. The number of aromatic carboxylic acids is 1. The Kier molecular flexibility index (Phi) is 3.97. The van der Waals surface area contributed by atoms with Crippen LogP contribution >= 0.6 is 11.3 Å². The van der Waals surface area contributed by atoms with Gasteiger partial charge in [-0.3, -0.25) is 4.79 Å². The van der Waals surface area contributed by atoms with Crippen LogP contribution in [0.2, 0.25) is 0 Å². The van der Waals surface area contributed by atoms with Gasteiger partial charge in [-0.25, -0.2) is 4.79 Å². The molecule has 0 saturated carbocycles. The van der Waals surface area contributed by atoms with Gasteiger partial charge in [-0.15, -0.1) is 11.3 Å². The van der Waals surface area contributed by atoms with E-state index in [1.54, 1.807) is 28.4 Å². The molecule has 0 aliphatic heterocycles. The summed E-state index contributed by atoms with van der Waals surface area (Å²) in [6.45, 7) is 2.00. The Bertz CT molecular complexity index is 575. The molecule has 0 radical (unpaired) electrons. The SMILES string of the molecule is CC(=O)N(Cc1cccs1)c1ccc(C(=O)O)cc1. The van der Waals surface area contributed by atoms with Crippen LogP contribution < -0.4 is 4.90 Å². The topological polar surface area (TPSA) is 57.6 Å². The lowest BCUT2D eigenvalue weighted by atomic mass is 10.2. The largest absolute Gasteiger partial charge is 0.478 e. The molecular formula is C14H13NO3S. The minimum Gasteiger partial charge on any atom is -0.478 e. The van der Waals surface area contributed by atoms with Gasteiger partial charge in [0.1, 0.15) is 0 Å². The van der Waals surface area contributed by atoms with Crippen LogP contribution in [0.25, 0.3) is 0 Å². The molecule has 2 rings (SSSR count). The Balaban J connectivity index is 2.24. The lowest BCUT2D eigenvalue weighted by Crippen LogP contribution is -2.27. The van der Waals surface area contributed by atoms with Crippen LogP contribution in [0.5, 0.6) is 0 Å². The molecule has 0 fully saturated rings. The van der Waals surface area contributed by atoms with Gasteiger partial charge < -0.3 is 10.0 Å². The summed E-state index contributed by atoms with van der Waals surface area (Å²) in [4.78, 5) is 25.2. The van der Waals surface area contributed by atoms with Gasteiger partial charge >= 0.3 is 5.97 Å². The Morgan fingerprint density at radius 2 is 1.89 bits per heavy atom. The van der Waals surface area contributed by atoms with E-state index in [0.29, 0.717) is 12.2 Å². The number of amides is 1. The van der Waals surface area contributed by atoms with Crippen molar-refractivity contribution in [3.8, 4) is 0 Å². The molecule has 19 heavy (non-hydrogen) atoms. The van der Waals surface area contributed by atoms with E-state index in [-0.39, 0.29) is 11.5 Å². The number of anilines is 1. The molecule has 0 atom stereocenters. The molecule has 98 valence electrons. The molecule has 0 aliphatic rings. The number of hydrogen-bond donors (Lipinski definition) is 1. The summed E-state index contributed by atoms with van der Waals surface area (Å²) in [5, 5.41) is 10.8. The molecule has 1 aromatic heterocycles. The Labute approximate surface area is 114 Å². The number of hydrogen-bond acceptors (Lipinski definition) is 3. The summed E-state index contributed by atoms with van der Waals surface area (Å²) in [6, 6.07) is 10.2. The van der Waals surface area contributed by atoms with Crippen molar-refractivity contribution in [1.29, 1.82) is 0 Å². The van der Waals surface area contributed by atoms with Crippen molar-refractivity contribution < 1.29 is 14.7 Å². The quantitative estimate of drug-likeness (QED) is 0.933. The molecule has 2 aromatic rings. The standard InChI is InChI=1S/C14H13NO3S/c1-10(16)15(9-13-3-2-8-19-13)12-6-4-11(5-7-12)14(17)18/h2-8H,9H2,1H3,(H,17,18). The molecular weight excluding hydrogens is 262 g/mol. The summed E-state index contributed by atoms with van der Waals surface area (Å²) in [5.74, 6) is -1.05. The van der Waals surface area contributed by atoms with Crippen LogP contribution in [0.4, 0.5) is 5.69 Å². The fourth-order valence-corrected chi connectivity index (χ4v) is 2.42. The van der Waals surface area contributed by atoms with Crippen molar-refractivity contribution in [3.63, 3.8) is 0 Å². The Morgan fingerprint density at radius 3 is 2.37 bits per heavy atom. The second-order valence-electron chi connectivity index (χ2n) is 4.04. The number of carboxylic acid groups (broad SMARTS) is 1. The maximum Gasteiger partial charge on any atom is 0.335 e. The van der Waals surface area contributed by atoms with E-state index in [9.17, 15) is 9.59 Å². The summed E-state index contributed by atoms with van der Waals surface area (Å²) in [7, 11) is 0. The lowest BCUT2D eigenvalue weighted by Gasteiger charge is -2.20. The van der Waals surface area contributed by atoms with Crippen LogP contribution in [0.15, 0.2) is 41.8 Å². The number of rotatable bonds is 4. The molecule has 5 heteroatoms. The second kappa shape index (κ2) is 5.67. The maximum atomic E-state index is 11.7. The first-order chi connectivity index (χ1) is 9.08. The van der Waals surface area contributed by atoms with Gasteiger partial charge in [0, 0.05) is 17.5 Å². The lowest BCUT2D eigenvalue weighted by molar-refractivity contribution is -0.116. The number of thiophene rings is 1. The van der Waals surface area contributed by atoms with Gasteiger partial charge in [0.05, 0.1) is 12.1 Å². The third-order valence-corrected chi connectivity index (χ3v) is 3.56. The van der Waals surface area contributed by atoms with Crippen molar-refractivity contribution in [1.82, 2.24) is 0 Å². The number of carbonyl (C=O) groups is 2. The van der Waals surface area contributed by atoms with Crippen LogP contribution in [0.1, 0.15) is 22.2 Å². The van der Waals surface area contributed by atoms with Gasteiger partial charge in [-0.05, 0) is 35.7 Å². The highest BCUT2D eigenvalue weighted by molar-refractivity contribution is 7.09. The number of carboxylic acids is 1. The average Bonchev–Trinajstić information content (AvgIpc) is 2.88. The van der Waals surface area contributed by atoms with E-state index in [2.05, 4.69) is 0 Å². The zero-order valence-electron chi connectivity index (χ0n) is 10.4. The molecule has 0 spiro atoms. The minimum absolute atomic E-state index is 0.0727. The third kappa shape index (κ3) is 3.20. The van der Waals surface area contributed by atoms with Crippen molar-refractivity contribution in [2.45, 2.75) is 13.5 Å². The molecule has 0 unspecified atom stereocenters. The molecule has 1 aromatic carbocycles. The maximum absolute atomic E-state index is 11.7. The molecule has 1 heterocycles. The molecule has 0 aliphatic carbocycles. The molecule has 1 N–H and O–H groups in total. The van der Waals surface area contributed by atoms with Crippen LogP contribution in [0, 0.1) is 0 Å². The van der Waals surface area contributed by atoms with E-state index >= 15 is 0 Å². The van der Waals surface area contributed by atoms with Crippen LogP contribution in [-0.2, 0) is 11.3 Å². The van der Waals surface area contributed by atoms with Crippen LogP contribution in [-0.4, -0.2) is 17.0 Å². The highest BCUT2D eigenvalue weighted by Gasteiger charge is 2.13. The van der Waals surface area contributed by atoms with Gasteiger partial charge in [0.25, 0.3) is 0 Å². The van der Waals surface area contributed by atoms with E-state index in [4.69, 9.17) is 5.11 Å². The van der Waals surface area contributed by atoms with Gasteiger partial charge in [0.2, 0.25) is 5.91 Å². The first-order valence-electron chi connectivity index (χ1n) is 5.72. The van der Waals surface area contributed by atoms with Crippen LogP contribution in [0.3, 0.4) is 0 Å². The molecule has 0 bridgehead atoms. The Morgan fingerprint density at radius 1 is 1.21 bits per heavy atom. The predicted molar refractivity (Wildman–Crippen MR) is 74.6 cm³/mol. The number of nitrogens with zero attached hydrogens (tertiary/aromatic N) is 1. The fourth-order valence-electron chi connectivity index (χ4n) is 1.73. The van der Waals surface area contributed by atoms with E-state index in [1.807, 2.05) is 17.5 Å². The highest BCUT2D eigenvalue weighted by Crippen LogP contribution is 2.20. The molecule has 4 nitrogen and oxygen atoms in total. The minimum atomic E-state index is -0.973. The molecule has 0 saturated heterocycles. The monoisotopic (exact) mass is 275 g/mol. The highest BCUT2D eigenvalue weighted by atomic mass is 32.1. The summed E-state index contributed by atoms with van der Waals surface area (Å²) in [5.41, 5.74) is 0.911. The predicted octanol–water partition coefficient (Wildman–Crippen LogP) is 3.00. The second-order valence-corrected chi connectivity index (χ2v) is 5.07. The third-order valence-electron chi connectivity index (χ3n) is 2.70. The number of benzene rings is 1. The fraction of sp³-hybridized carbons (Fsp3) is 0.143. The first kappa shape index (κ1) is 13.3. The zero-order chi connectivity index (χ0) is 13.8. The summed E-state index contributed by atoms with van der Waals surface area (Å²) < 4.78 is 0. The number of carbonyl (C=O) groups excluding carboxylic acids is 1. The van der Waals surface area contributed by atoms with Gasteiger partial charge in [0.15, 0.2) is 0 Å². The summed E-state index contributed by atoms with van der Waals surface area (Å²) in [6.07, 6.45) is 0. The smallest absolute Gasteiger partial charge is 0.335 e. The van der Waals surface area contributed by atoms with E-state index in [0.717, 1.165) is 4.88 Å². The normalized spacial score (nSPS) is 10.2. The van der Waals surface area contributed by atoms with E-state index in [1.165, 1.54) is 19.1 Å². The summed E-state index contributed by atoms with van der Waals surface area (Å²) >= 11 is 1.58. The van der Waals surface area contributed by atoms with Gasteiger partial charge in [-0.1, -0.05) is 6.07 Å². The van der Waals surface area contributed by atoms with Crippen molar-refractivity contribution >= 4 is 28.9 Å². The zero-order valence-corrected chi connectivity index (χ0v) is 11.2. The van der Waals surface area contributed by atoms with E-state index < -0.39 is 5.97 Å². The molecule has 1 amide bonds.